The Balaban J connectivity index is 2.18. The average molecular weight is 224 g/mol. The molecule has 1 heterocycles. The summed E-state index contributed by atoms with van der Waals surface area (Å²) in [6, 6.07) is 7.53. The first kappa shape index (κ1) is 9.98. The maximum atomic E-state index is 5.93. The first-order valence-electron chi connectivity index (χ1n) is 4.61. The third-order valence-corrected chi connectivity index (χ3v) is 2.19. The lowest BCUT2D eigenvalue weighted by Gasteiger charge is -2.01. The van der Waals surface area contributed by atoms with Gasteiger partial charge in [0, 0.05) is 6.54 Å². The van der Waals surface area contributed by atoms with Crippen molar-refractivity contribution in [1.29, 1.82) is 0 Å². The molecule has 0 atom stereocenters. The fraction of sp³-hybridized carbons (Fsp3) is 0.200. The van der Waals surface area contributed by atoms with Crippen molar-refractivity contribution in [3.63, 3.8) is 0 Å². The van der Waals surface area contributed by atoms with Gasteiger partial charge in [0.1, 0.15) is 12.1 Å². The van der Waals surface area contributed by atoms with Gasteiger partial charge in [-0.25, -0.2) is 4.68 Å². The van der Waals surface area contributed by atoms with Crippen LogP contribution >= 0.6 is 11.6 Å². The van der Waals surface area contributed by atoms with Gasteiger partial charge in [0.15, 0.2) is 0 Å². The molecule has 0 saturated heterocycles. The number of nitrogens with zero attached hydrogens (tertiary/aromatic N) is 3. The van der Waals surface area contributed by atoms with Gasteiger partial charge in [0.2, 0.25) is 0 Å². The molecule has 15 heavy (non-hydrogen) atoms. The summed E-state index contributed by atoms with van der Waals surface area (Å²) in [5.74, 6) is 0.563. The number of aryl methyl sites for hydroxylation is 1. The molecule has 0 amide bonds. The van der Waals surface area contributed by atoms with Crippen molar-refractivity contribution in [2.75, 3.05) is 0 Å². The highest BCUT2D eigenvalue weighted by Crippen LogP contribution is 2.26. The molecule has 0 aliphatic heterocycles. The molecule has 0 aliphatic carbocycles. The van der Waals surface area contributed by atoms with Crippen LogP contribution < -0.4 is 4.74 Å². The summed E-state index contributed by atoms with van der Waals surface area (Å²) < 4.78 is 7.10. The topological polar surface area (TPSA) is 39.9 Å². The second-order valence-corrected chi connectivity index (χ2v) is 3.32. The standard InChI is InChI=1S/C10H10ClN3O/c1-2-14-7-12-10(13-14)15-9-6-4-3-5-8(9)11/h3-7H,2H2,1H3. The van der Waals surface area contributed by atoms with Gasteiger partial charge in [-0.15, -0.1) is 5.10 Å². The Morgan fingerprint density at radius 3 is 2.87 bits per heavy atom. The number of hydrogen-bond acceptors (Lipinski definition) is 3. The summed E-state index contributed by atoms with van der Waals surface area (Å²) in [4.78, 5) is 3.99. The molecule has 78 valence electrons. The van der Waals surface area contributed by atoms with Crippen LogP contribution in [0.15, 0.2) is 30.6 Å². The van der Waals surface area contributed by atoms with Crippen molar-refractivity contribution in [2.45, 2.75) is 13.5 Å². The van der Waals surface area contributed by atoms with Crippen LogP contribution in [0.25, 0.3) is 0 Å². The Bertz CT molecular complexity index is 455. The predicted molar refractivity (Wildman–Crippen MR) is 57.2 cm³/mol. The fourth-order valence-electron chi connectivity index (χ4n) is 1.10. The van der Waals surface area contributed by atoms with E-state index in [0.717, 1.165) is 6.54 Å². The number of ether oxygens (including phenoxy) is 1. The molecule has 2 rings (SSSR count). The molecule has 0 radical (unpaired) electrons. The lowest BCUT2D eigenvalue weighted by atomic mass is 10.3. The Kier molecular flexibility index (Phi) is 2.87. The highest BCUT2D eigenvalue weighted by atomic mass is 35.5. The van der Waals surface area contributed by atoms with Gasteiger partial charge in [-0.1, -0.05) is 23.7 Å². The smallest absolute Gasteiger partial charge is 0.341 e. The minimum atomic E-state index is 0.310. The first-order chi connectivity index (χ1) is 7.29. The van der Waals surface area contributed by atoms with Gasteiger partial charge in [-0.3, -0.25) is 0 Å². The van der Waals surface area contributed by atoms with Gasteiger partial charge >= 0.3 is 6.01 Å². The maximum Gasteiger partial charge on any atom is 0.341 e. The predicted octanol–water partition coefficient (Wildman–Crippen LogP) is 2.74. The summed E-state index contributed by atoms with van der Waals surface area (Å²) in [5.41, 5.74) is 0. The number of hydrogen-bond donors (Lipinski definition) is 0. The van der Waals surface area contributed by atoms with Gasteiger partial charge in [-0.05, 0) is 19.1 Å². The molecule has 2 aromatic rings. The number of para-hydroxylation sites is 1. The Labute approximate surface area is 92.5 Å². The van der Waals surface area contributed by atoms with Crippen LogP contribution in [-0.2, 0) is 6.54 Å². The lowest BCUT2D eigenvalue weighted by Crippen LogP contribution is -1.94. The molecule has 0 aliphatic rings. The van der Waals surface area contributed by atoms with E-state index < -0.39 is 0 Å². The number of benzene rings is 1. The van der Waals surface area contributed by atoms with Crippen LogP contribution in [-0.4, -0.2) is 14.8 Å². The monoisotopic (exact) mass is 223 g/mol. The summed E-state index contributed by atoms with van der Waals surface area (Å²) in [7, 11) is 0. The molecule has 0 saturated carbocycles. The zero-order valence-corrected chi connectivity index (χ0v) is 8.98. The van der Waals surface area contributed by atoms with E-state index in [1.165, 1.54) is 0 Å². The molecule has 0 unspecified atom stereocenters. The molecule has 4 nitrogen and oxygen atoms in total. The van der Waals surface area contributed by atoms with Gasteiger partial charge in [0.25, 0.3) is 0 Å². The van der Waals surface area contributed by atoms with Crippen molar-refractivity contribution >= 4 is 11.6 Å². The first-order valence-corrected chi connectivity index (χ1v) is 4.99. The minimum Gasteiger partial charge on any atom is -0.422 e. The summed E-state index contributed by atoms with van der Waals surface area (Å²) in [6.07, 6.45) is 1.62. The van der Waals surface area contributed by atoms with E-state index in [4.69, 9.17) is 16.3 Å². The second-order valence-electron chi connectivity index (χ2n) is 2.92. The van der Waals surface area contributed by atoms with Gasteiger partial charge in [-0.2, -0.15) is 4.98 Å². The Hall–Kier alpha value is -1.55. The Morgan fingerprint density at radius 1 is 1.40 bits per heavy atom. The molecule has 1 aromatic carbocycles. The van der Waals surface area contributed by atoms with E-state index >= 15 is 0 Å². The summed E-state index contributed by atoms with van der Waals surface area (Å²) in [6.45, 7) is 2.74. The largest absolute Gasteiger partial charge is 0.422 e. The molecule has 1 aromatic heterocycles. The van der Waals surface area contributed by atoms with Crippen LogP contribution in [0.4, 0.5) is 0 Å². The minimum absolute atomic E-state index is 0.310. The second kappa shape index (κ2) is 4.31. The highest BCUT2D eigenvalue weighted by molar-refractivity contribution is 6.32. The molecular formula is C10H10ClN3O. The van der Waals surface area contributed by atoms with Crippen LogP contribution in [0.1, 0.15) is 6.92 Å². The average Bonchev–Trinajstić information content (AvgIpc) is 2.69. The number of halogens is 1. The van der Waals surface area contributed by atoms with E-state index in [-0.39, 0.29) is 0 Å². The van der Waals surface area contributed by atoms with E-state index in [0.29, 0.717) is 16.8 Å². The molecule has 5 heteroatoms. The molecule has 0 spiro atoms. The molecule has 0 N–H and O–H groups in total. The SMILES string of the molecule is CCn1cnc(Oc2ccccc2Cl)n1. The fourth-order valence-corrected chi connectivity index (χ4v) is 1.28. The van der Waals surface area contributed by atoms with Crippen molar-refractivity contribution in [3.8, 4) is 11.8 Å². The van der Waals surface area contributed by atoms with E-state index in [9.17, 15) is 0 Å². The molecule has 0 fully saturated rings. The van der Waals surface area contributed by atoms with E-state index in [2.05, 4.69) is 10.1 Å². The zero-order valence-electron chi connectivity index (χ0n) is 8.22. The van der Waals surface area contributed by atoms with Crippen molar-refractivity contribution in [2.24, 2.45) is 0 Å². The molecular weight excluding hydrogens is 214 g/mol. The number of rotatable bonds is 3. The normalized spacial score (nSPS) is 10.3. The summed E-state index contributed by atoms with van der Waals surface area (Å²) in [5, 5.41) is 4.64. The van der Waals surface area contributed by atoms with Crippen molar-refractivity contribution in [1.82, 2.24) is 14.8 Å². The van der Waals surface area contributed by atoms with Crippen molar-refractivity contribution in [3.05, 3.63) is 35.6 Å². The van der Waals surface area contributed by atoms with Crippen molar-refractivity contribution < 1.29 is 4.74 Å². The maximum absolute atomic E-state index is 5.93. The number of aromatic nitrogens is 3. The highest BCUT2D eigenvalue weighted by Gasteiger charge is 2.05. The van der Waals surface area contributed by atoms with E-state index in [1.807, 2.05) is 19.1 Å². The van der Waals surface area contributed by atoms with Crippen LogP contribution in [0.3, 0.4) is 0 Å². The summed E-state index contributed by atoms with van der Waals surface area (Å²) >= 11 is 5.93. The van der Waals surface area contributed by atoms with Crippen LogP contribution in [0.2, 0.25) is 5.02 Å². The van der Waals surface area contributed by atoms with Gasteiger partial charge < -0.3 is 4.74 Å². The third-order valence-electron chi connectivity index (χ3n) is 1.88. The quantitative estimate of drug-likeness (QED) is 0.803. The Morgan fingerprint density at radius 2 is 2.20 bits per heavy atom. The zero-order chi connectivity index (χ0) is 10.7. The van der Waals surface area contributed by atoms with E-state index in [1.54, 1.807) is 23.1 Å². The third kappa shape index (κ3) is 2.27. The van der Waals surface area contributed by atoms with Gasteiger partial charge in [0.05, 0.1) is 5.02 Å². The lowest BCUT2D eigenvalue weighted by molar-refractivity contribution is 0.436. The van der Waals surface area contributed by atoms with Crippen LogP contribution in [0.5, 0.6) is 11.8 Å². The van der Waals surface area contributed by atoms with Crippen LogP contribution in [0, 0.1) is 0 Å². The molecule has 0 bridgehead atoms.